The van der Waals surface area contributed by atoms with E-state index in [0.29, 0.717) is 19.0 Å². The van der Waals surface area contributed by atoms with Crippen LogP contribution < -0.4 is 10.4 Å². The van der Waals surface area contributed by atoms with Crippen molar-refractivity contribution in [3.63, 3.8) is 0 Å². The molecule has 7 nitrogen and oxygen atoms in total. The highest BCUT2D eigenvalue weighted by Gasteiger charge is 2.52. The van der Waals surface area contributed by atoms with Gasteiger partial charge in [-0.05, 0) is 34.1 Å². The van der Waals surface area contributed by atoms with E-state index in [4.69, 9.17) is 20.9 Å². The molecule has 0 saturated carbocycles. The third-order valence-electron chi connectivity index (χ3n) is 5.68. The number of amides is 1. The summed E-state index contributed by atoms with van der Waals surface area (Å²) in [4.78, 5) is 24.5. The van der Waals surface area contributed by atoms with Gasteiger partial charge in [-0.3, -0.25) is 4.79 Å². The van der Waals surface area contributed by atoms with E-state index < -0.39 is 18.3 Å². The van der Waals surface area contributed by atoms with Crippen molar-refractivity contribution < 1.29 is 14.1 Å². The summed E-state index contributed by atoms with van der Waals surface area (Å²) in [6.45, 7) is 9.43. The largest absolute Gasteiger partial charge is 0.498 e. The Morgan fingerprint density at radius 2 is 1.88 bits per heavy atom. The number of likely N-dealkylation sites (N-methyl/N-ethyl adjacent to an activating group) is 1. The molecule has 0 N–H and O–H groups in total. The molecule has 1 amide bonds. The first kappa shape index (κ1) is 19.4. The lowest BCUT2D eigenvalue weighted by molar-refractivity contribution is -0.127. The van der Waals surface area contributed by atoms with E-state index >= 15 is 0 Å². The maximum atomic E-state index is 11.7. The van der Waals surface area contributed by atoms with Gasteiger partial charge in [-0.25, -0.2) is 9.97 Å². The number of alkyl halides is 1. The molecular weight excluding hydrogens is 354 g/mol. The van der Waals surface area contributed by atoms with Crippen LogP contribution in [0.25, 0.3) is 0 Å². The molecule has 0 radical (unpaired) electrons. The minimum atomic E-state index is -0.470. The van der Waals surface area contributed by atoms with Crippen molar-refractivity contribution in [2.24, 2.45) is 0 Å². The summed E-state index contributed by atoms with van der Waals surface area (Å²) in [5.41, 5.74) is 0.0105. The van der Waals surface area contributed by atoms with Gasteiger partial charge in [0.05, 0.1) is 17.2 Å². The number of nitrogens with zero attached hydrogens (tertiary/aromatic N) is 4. The topological polar surface area (TPSA) is 67.8 Å². The van der Waals surface area contributed by atoms with E-state index in [1.165, 1.54) is 0 Å². The molecule has 142 valence electrons. The Bertz CT molecular complexity index is 654. The van der Waals surface area contributed by atoms with Gasteiger partial charge in [0.2, 0.25) is 11.9 Å². The van der Waals surface area contributed by atoms with Crippen LogP contribution >= 0.6 is 11.6 Å². The molecule has 2 fully saturated rings. The summed E-state index contributed by atoms with van der Waals surface area (Å²) in [6.07, 6.45) is 4.37. The van der Waals surface area contributed by atoms with Crippen molar-refractivity contribution in [2.75, 3.05) is 30.9 Å². The van der Waals surface area contributed by atoms with Gasteiger partial charge in [-0.1, -0.05) is 0 Å². The van der Waals surface area contributed by atoms with E-state index in [1.807, 2.05) is 39.6 Å². The molecule has 2 saturated heterocycles. The van der Waals surface area contributed by atoms with E-state index in [9.17, 15) is 4.79 Å². The van der Waals surface area contributed by atoms with Crippen molar-refractivity contribution in [1.82, 2.24) is 14.9 Å². The molecule has 2 aliphatic heterocycles. The molecule has 0 bridgehead atoms. The second-order valence-corrected chi connectivity index (χ2v) is 8.20. The van der Waals surface area contributed by atoms with Crippen LogP contribution in [0.2, 0.25) is 0 Å². The smallest absolute Gasteiger partial charge is 0.399 e. The first-order valence-electron chi connectivity index (χ1n) is 8.89. The number of halogens is 1. The van der Waals surface area contributed by atoms with Gasteiger partial charge >= 0.3 is 7.12 Å². The van der Waals surface area contributed by atoms with Crippen LogP contribution in [-0.2, 0) is 14.1 Å². The molecule has 3 heterocycles. The second kappa shape index (κ2) is 6.98. The van der Waals surface area contributed by atoms with Crippen molar-refractivity contribution >= 4 is 36.0 Å². The molecular formula is C17H26BClN4O3. The average Bonchev–Trinajstić information content (AvgIpc) is 3.17. The zero-order valence-corrected chi connectivity index (χ0v) is 16.8. The Morgan fingerprint density at radius 1 is 1.31 bits per heavy atom. The maximum absolute atomic E-state index is 11.7. The van der Waals surface area contributed by atoms with Crippen LogP contribution in [0, 0.1) is 0 Å². The third-order valence-corrected chi connectivity index (χ3v) is 5.91. The summed E-state index contributed by atoms with van der Waals surface area (Å²) in [5.74, 6) is 0.616. The summed E-state index contributed by atoms with van der Waals surface area (Å²) in [7, 11) is 1.48. The van der Waals surface area contributed by atoms with E-state index in [0.717, 1.165) is 11.9 Å². The summed E-state index contributed by atoms with van der Waals surface area (Å²) in [6, 6.07) is 0.185. The molecule has 1 atom stereocenters. The fraction of sp³-hybridized carbons (Fsp3) is 0.706. The number of hydrogen-bond acceptors (Lipinski definition) is 6. The minimum absolute atomic E-state index is 0.0235. The Hall–Kier alpha value is -1.38. The number of carbonyl (C=O) groups excluding carboxylic acids is 1. The van der Waals surface area contributed by atoms with Gasteiger partial charge in [-0.15, -0.1) is 11.6 Å². The van der Waals surface area contributed by atoms with Crippen LogP contribution in [0.4, 0.5) is 5.95 Å². The maximum Gasteiger partial charge on any atom is 0.498 e. The van der Waals surface area contributed by atoms with E-state index in [2.05, 4.69) is 9.97 Å². The van der Waals surface area contributed by atoms with Crippen molar-refractivity contribution in [3.05, 3.63) is 12.4 Å². The average molecular weight is 381 g/mol. The van der Waals surface area contributed by atoms with Gasteiger partial charge in [-0.2, -0.15) is 0 Å². The fourth-order valence-corrected chi connectivity index (χ4v) is 3.32. The van der Waals surface area contributed by atoms with Crippen LogP contribution in [-0.4, -0.2) is 71.2 Å². The molecule has 3 rings (SSSR count). The molecule has 0 spiro atoms. The second-order valence-electron chi connectivity index (χ2n) is 7.93. The van der Waals surface area contributed by atoms with E-state index in [1.54, 1.807) is 17.3 Å². The van der Waals surface area contributed by atoms with Gasteiger partial charge in [0, 0.05) is 38.0 Å². The standard InChI is InChI=1S/C17H26BClN4O3/c1-16(2)17(3,4)26-18(25-16)12-9-20-15(21-10-12)22(5)13-6-7-23(11-13)14(24)8-19/h9-10,13H,6-8,11H2,1-5H3/t13-/m0/s1. The molecule has 1 aromatic rings. The Balaban J connectivity index is 1.66. The first-order valence-corrected chi connectivity index (χ1v) is 9.42. The highest BCUT2D eigenvalue weighted by atomic mass is 35.5. The van der Waals surface area contributed by atoms with E-state index in [-0.39, 0.29) is 17.8 Å². The lowest BCUT2D eigenvalue weighted by Crippen LogP contribution is -2.41. The molecule has 0 aliphatic carbocycles. The molecule has 2 aliphatic rings. The molecule has 0 aromatic carbocycles. The first-order chi connectivity index (χ1) is 12.1. The number of carbonyl (C=O) groups is 1. The van der Waals surface area contributed by atoms with Crippen molar-refractivity contribution in [1.29, 1.82) is 0 Å². The number of aromatic nitrogens is 2. The Labute approximate surface area is 160 Å². The van der Waals surface area contributed by atoms with Crippen molar-refractivity contribution in [3.8, 4) is 0 Å². The lowest BCUT2D eigenvalue weighted by Gasteiger charge is -2.32. The predicted octanol–water partition coefficient (Wildman–Crippen LogP) is 1.05. The third kappa shape index (κ3) is 3.55. The van der Waals surface area contributed by atoms with Gasteiger partial charge in [0.15, 0.2) is 0 Å². The minimum Gasteiger partial charge on any atom is -0.399 e. The monoisotopic (exact) mass is 380 g/mol. The Morgan fingerprint density at radius 3 is 2.42 bits per heavy atom. The fourth-order valence-electron chi connectivity index (χ4n) is 3.15. The SMILES string of the molecule is CN(c1ncc(B2OC(C)(C)C(C)(C)O2)cn1)[C@H]1CCN(C(=O)CCl)C1. The highest BCUT2D eigenvalue weighted by molar-refractivity contribution is 6.61. The number of rotatable bonds is 4. The summed E-state index contributed by atoms with van der Waals surface area (Å²) < 4.78 is 12.1. The normalized spacial score (nSPS) is 24.2. The zero-order chi connectivity index (χ0) is 19.1. The van der Waals surface area contributed by atoms with Gasteiger partial charge in [0.1, 0.15) is 5.88 Å². The van der Waals surface area contributed by atoms with Gasteiger partial charge < -0.3 is 19.1 Å². The molecule has 1 aromatic heterocycles. The van der Waals surface area contributed by atoms with Crippen LogP contribution in [0.3, 0.4) is 0 Å². The lowest BCUT2D eigenvalue weighted by atomic mass is 9.81. The molecule has 26 heavy (non-hydrogen) atoms. The Kier molecular flexibility index (Phi) is 5.20. The van der Waals surface area contributed by atoms with Gasteiger partial charge in [0.25, 0.3) is 0 Å². The van der Waals surface area contributed by atoms with Crippen LogP contribution in [0.15, 0.2) is 12.4 Å². The highest BCUT2D eigenvalue weighted by Crippen LogP contribution is 2.36. The van der Waals surface area contributed by atoms with Crippen molar-refractivity contribution in [2.45, 2.75) is 51.4 Å². The van der Waals surface area contributed by atoms with Crippen LogP contribution in [0.1, 0.15) is 34.1 Å². The molecule has 0 unspecified atom stereocenters. The van der Waals surface area contributed by atoms with Crippen LogP contribution in [0.5, 0.6) is 0 Å². The number of anilines is 1. The number of hydrogen-bond donors (Lipinski definition) is 0. The predicted molar refractivity (Wildman–Crippen MR) is 102 cm³/mol. The zero-order valence-electron chi connectivity index (χ0n) is 16.0. The quantitative estimate of drug-likeness (QED) is 0.574. The number of likely N-dealkylation sites (tertiary alicyclic amines) is 1. The summed E-state index contributed by atoms with van der Waals surface area (Å²) >= 11 is 5.64. The summed E-state index contributed by atoms with van der Waals surface area (Å²) in [5, 5.41) is 0. The molecule has 9 heteroatoms.